The quantitative estimate of drug-likeness (QED) is 0.236. The number of fused-ring (bicyclic) bond motifs is 3. The van der Waals surface area contributed by atoms with Crippen molar-refractivity contribution in [2.24, 2.45) is 0 Å². The van der Waals surface area contributed by atoms with Gasteiger partial charge in [-0.15, -0.1) is 11.3 Å². The van der Waals surface area contributed by atoms with Gasteiger partial charge in [0, 0.05) is 21.5 Å². The molecule has 0 fully saturated rings. The lowest BCUT2D eigenvalue weighted by Crippen LogP contribution is -2.32. The van der Waals surface area contributed by atoms with Crippen LogP contribution in [0.5, 0.6) is 0 Å². The van der Waals surface area contributed by atoms with Gasteiger partial charge in [0.25, 0.3) is 5.56 Å². The van der Waals surface area contributed by atoms with Crippen LogP contribution in [0.1, 0.15) is 29.9 Å². The molecule has 4 nitrogen and oxygen atoms in total. The van der Waals surface area contributed by atoms with Crippen molar-refractivity contribution in [2.45, 2.75) is 43.4 Å². The highest BCUT2D eigenvalue weighted by Crippen LogP contribution is 2.38. The fraction of sp³-hybridized carbons (Fsp3) is 0.250. The molecular formula is C24H21BrN2O2S2. The molecule has 0 unspecified atom stereocenters. The van der Waals surface area contributed by atoms with Crippen molar-refractivity contribution in [1.82, 2.24) is 9.55 Å². The number of rotatable bonds is 4. The number of benzene rings is 2. The van der Waals surface area contributed by atoms with Gasteiger partial charge < -0.3 is 4.74 Å². The number of hydrogen-bond donors (Lipinski definition) is 0. The number of halogens is 1. The van der Waals surface area contributed by atoms with E-state index in [0.717, 1.165) is 43.0 Å². The summed E-state index contributed by atoms with van der Waals surface area (Å²) in [6.45, 7) is 4.69. The molecule has 0 saturated heterocycles. The van der Waals surface area contributed by atoms with Crippen molar-refractivity contribution < 1.29 is 4.74 Å². The average Bonchev–Trinajstić information content (AvgIpc) is 3.10. The monoisotopic (exact) mass is 512 g/mol. The molecule has 0 radical (unpaired) electrons. The summed E-state index contributed by atoms with van der Waals surface area (Å²) in [5.41, 5.74) is 2.85. The zero-order valence-electron chi connectivity index (χ0n) is 17.2. The van der Waals surface area contributed by atoms with Gasteiger partial charge in [-0.25, -0.2) is 4.98 Å². The van der Waals surface area contributed by atoms with Crippen molar-refractivity contribution in [3.63, 3.8) is 0 Å². The number of thioether (sulfide) groups is 1. The molecule has 4 aromatic rings. The third kappa shape index (κ3) is 4.12. The van der Waals surface area contributed by atoms with E-state index in [0.29, 0.717) is 11.8 Å². The van der Waals surface area contributed by atoms with Crippen LogP contribution in [-0.2, 0) is 23.5 Å². The van der Waals surface area contributed by atoms with Crippen molar-refractivity contribution in [2.75, 3.05) is 0 Å². The normalized spacial score (nSPS) is 15.2. The molecule has 0 aliphatic carbocycles. The number of thiophene rings is 1. The van der Waals surface area contributed by atoms with Gasteiger partial charge >= 0.3 is 0 Å². The lowest BCUT2D eigenvalue weighted by atomic mass is 9.94. The van der Waals surface area contributed by atoms with Gasteiger partial charge in [-0.1, -0.05) is 58.0 Å². The molecule has 31 heavy (non-hydrogen) atoms. The maximum atomic E-state index is 13.8. The van der Waals surface area contributed by atoms with E-state index in [2.05, 4.69) is 41.9 Å². The van der Waals surface area contributed by atoms with Crippen molar-refractivity contribution >= 4 is 49.2 Å². The van der Waals surface area contributed by atoms with Crippen LogP contribution in [0, 0.1) is 0 Å². The van der Waals surface area contributed by atoms with E-state index in [1.54, 1.807) is 27.7 Å². The van der Waals surface area contributed by atoms with Crippen LogP contribution in [0.25, 0.3) is 15.9 Å². The highest BCUT2D eigenvalue weighted by Gasteiger charge is 2.31. The Kier molecular flexibility index (Phi) is 5.54. The summed E-state index contributed by atoms with van der Waals surface area (Å²) in [6, 6.07) is 18.0. The number of aromatic nitrogens is 2. The highest BCUT2D eigenvalue weighted by atomic mass is 79.9. The van der Waals surface area contributed by atoms with Crippen molar-refractivity contribution in [3.05, 3.63) is 85.4 Å². The largest absolute Gasteiger partial charge is 0.370 e. The first kappa shape index (κ1) is 20.9. The standard InChI is InChI=1S/C24H21BrN2O2S2/c1-24(2)12-18-19(13-29-24)31-21-20(18)22(28)27(17-6-4-3-5-7-17)23(26-21)30-14-15-8-10-16(25)11-9-15/h3-11H,12-14H2,1-2H3. The summed E-state index contributed by atoms with van der Waals surface area (Å²) < 4.78 is 8.80. The van der Waals surface area contributed by atoms with Gasteiger partial charge in [0.1, 0.15) is 4.83 Å². The SMILES string of the molecule is CC1(C)Cc2c(sc3nc(SCc4ccc(Br)cc4)n(-c4ccccc4)c(=O)c23)CO1. The maximum Gasteiger partial charge on any atom is 0.267 e. The van der Waals surface area contributed by atoms with Gasteiger partial charge in [0.05, 0.1) is 23.3 Å². The molecule has 7 heteroatoms. The van der Waals surface area contributed by atoms with E-state index in [9.17, 15) is 4.79 Å². The molecule has 3 heterocycles. The Hall–Kier alpha value is -1.93. The van der Waals surface area contributed by atoms with Crippen LogP contribution in [0.3, 0.4) is 0 Å². The second-order valence-electron chi connectivity index (χ2n) is 8.19. The molecule has 1 aliphatic rings. The topological polar surface area (TPSA) is 44.1 Å². The van der Waals surface area contributed by atoms with Crippen molar-refractivity contribution in [1.29, 1.82) is 0 Å². The first-order valence-corrected chi connectivity index (χ1v) is 12.6. The number of ether oxygens (including phenoxy) is 1. The molecule has 0 spiro atoms. The second-order valence-corrected chi connectivity index (χ2v) is 11.1. The van der Waals surface area contributed by atoms with Gasteiger partial charge in [-0.3, -0.25) is 9.36 Å². The fourth-order valence-electron chi connectivity index (χ4n) is 3.80. The fourth-order valence-corrected chi connectivity index (χ4v) is 6.18. The first-order valence-electron chi connectivity index (χ1n) is 10.1. The number of hydrogen-bond acceptors (Lipinski definition) is 5. The molecule has 0 N–H and O–H groups in total. The van der Waals surface area contributed by atoms with Crippen LogP contribution in [0.15, 0.2) is 69.0 Å². The first-order chi connectivity index (χ1) is 14.9. The Balaban J connectivity index is 1.65. The summed E-state index contributed by atoms with van der Waals surface area (Å²) in [4.78, 5) is 20.7. The van der Waals surface area contributed by atoms with Crippen LogP contribution in [0.2, 0.25) is 0 Å². The van der Waals surface area contributed by atoms with E-state index in [4.69, 9.17) is 9.72 Å². The third-order valence-electron chi connectivity index (χ3n) is 5.37. The molecule has 0 saturated carbocycles. The number of nitrogens with zero attached hydrogens (tertiary/aromatic N) is 2. The van der Waals surface area contributed by atoms with Crippen molar-refractivity contribution in [3.8, 4) is 5.69 Å². The summed E-state index contributed by atoms with van der Waals surface area (Å²) in [6.07, 6.45) is 0.722. The molecule has 2 aromatic heterocycles. The highest BCUT2D eigenvalue weighted by molar-refractivity contribution is 9.10. The number of para-hydroxylation sites is 1. The van der Waals surface area contributed by atoms with E-state index >= 15 is 0 Å². The predicted molar refractivity (Wildman–Crippen MR) is 131 cm³/mol. The molecule has 5 rings (SSSR count). The minimum absolute atomic E-state index is 0.00436. The average molecular weight is 513 g/mol. The maximum absolute atomic E-state index is 13.8. The van der Waals surface area contributed by atoms with Gasteiger partial charge in [0.15, 0.2) is 5.16 Å². The lowest BCUT2D eigenvalue weighted by Gasteiger charge is -2.29. The Morgan fingerprint density at radius 2 is 1.90 bits per heavy atom. The third-order valence-corrected chi connectivity index (χ3v) is 8.01. The Bertz CT molecular complexity index is 1310. The molecule has 0 amide bonds. The van der Waals surface area contributed by atoms with Crippen LogP contribution < -0.4 is 5.56 Å². The molecular weight excluding hydrogens is 492 g/mol. The van der Waals surface area contributed by atoms with E-state index < -0.39 is 0 Å². The summed E-state index contributed by atoms with van der Waals surface area (Å²) >= 11 is 6.66. The van der Waals surface area contributed by atoms with Gasteiger partial charge in [-0.2, -0.15) is 0 Å². The molecule has 2 aromatic carbocycles. The van der Waals surface area contributed by atoms with Gasteiger partial charge in [0.2, 0.25) is 0 Å². The lowest BCUT2D eigenvalue weighted by molar-refractivity contribution is -0.0379. The molecule has 158 valence electrons. The summed E-state index contributed by atoms with van der Waals surface area (Å²) in [7, 11) is 0. The molecule has 1 aliphatic heterocycles. The minimum atomic E-state index is -0.278. The smallest absolute Gasteiger partial charge is 0.267 e. The van der Waals surface area contributed by atoms with Crippen LogP contribution >= 0.6 is 39.0 Å². The van der Waals surface area contributed by atoms with E-state index in [1.165, 1.54) is 5.56 Å². The molecule has 0 atom stereocenters. The molecule has 0 bridgehead atoms. The Morgan fingerprint density at radius 3 is 2.65 bits per heavy atom. The van der Waals surface area contributed by atoms with Crippen LogP contribution in [-0.4, -0.2) is 15.2 Å². The summed E-state index contributed by atoms with van der Waals surface area (Å²) in [5.74, 6) is 0.735. The van der Waals surface area contributed by atoms with Crippen LogP contribution in [0.4, 0.5) is 0 Å². The summed E-state index contributed by atoms with van der Waals surface area (Å²) in [5, 5.41) is 1.46. The van der Waals surface area contributed by atoms with Gasteiger partial charge in [-0.05, 0) is 49.2 Å². The zero-order chi connectivity index (χ0) is 21.6. The van der Waals surface area contributed by atoms with E-state index in [-0.39, 0.29) is 11.2 Å². The predicted octanol–water partition coefficient (Wildman–Crippen LogP) is 6.35. The Morgan fingerprint density at radius 1 is 1.16 bits per heavy atom. The minimum Gasteiger partial charge on any atom is -0.370 e. The second kappa shape index (κ2) is 8.20. The Labute approximate surface area is 197 Å². The van der Waals surface area contributed by atoms with E-state index in [1.807, 2.05) is 42.5 Å². The zero-order valence-corrected chi connectivity index (χ0v) is 20.4.